The number of halogens is 1. The third-order valence-corrected chi connectivity index (χ3v) is 5.21. The van der Waals surface area contributed by atoms with Gasteiger partial charge in [0.25, 0.3) is 5.91 Å². The predicted molar refractivity (Wildman–Crippen MR) is 115 cm³/mol. The molecule has 142 valence electrons. The molecule has 1 saturated heterocycles. The number of carbonyl (C=O) groups excluding carboxylic acids is 2. The number of nitrogens with one attached hydrogen (secondary N) is 1. The van der Waals surface area contributed by atoms with Gasteiger partial charge in [-0.2, -0.15) is 0 Å². The van der Waals surface area contributed by atoms with Crippen molar-refractivity contribution in [2.75, 3.05) is 11.9 Å². The van der Waals surface area contributed by atoms with Gasteiger partial charge in [0.1, 0.15) is 16.7 Å². The third-order valence-electron chi connectivity index (χ3n) is 3.84. The normalized spacial score (nSPS) is 16.0. The first-order valence-electron chi connectivity index (χ1n) is 8.46. The number of thioether (sulfide) groups is 1. The molecule has 1 aliphatic rings. The van der Waals surface area contributed by atoms with E-state index < -0.39 is 11.7 Å². The molecule has 0 atom stereocenters. The molecule has 0 unspecified atom stereocenters. The first-order valence-corrected chi connectivity index (χ1v) is 9.69. The molecule has 1 fully saturated rings. The van der Waals surface area contributed by atoms with Gasteiger partial charge in [-0.1, -0.05) is 66.5 Å². The Morgan fingerprint density at radius 3 is 2.68 bits per heavy atom. The minimum atomic E-state index is -0.452. The Kier molecular flexibility index (Phi) is 6.38. The molecule has 1 aliphatic heterocycles. The van der Waals surface area contributed by atoms with Gasteiger partial charge in [0.15, 0.2) is 0 Å². The number of hydrogen-bond acceptors (Lipinski definition) is 4. The fourth-order valence-electron chi connectivity index (χ4n) is 2.61. The van der Waals surface area contributed by atoms with Gasteiger partial charge >= 0.3 is 0 Å². The van der Waals surface area contributed by atoms with Crippen LogP contribution in [0.15, 0.2) is 71.2 Å². The van der Waals surface area contributed by atoms with E-state index in [1.807, 2.05) is 43.3 Å². The van der Waals surface area contributed by atoms with Crippen molar-refractivity contribution in [3.05, 3.63) is 82.5 Å². The van der Waals surface area contributed by atoms with E-state index in [4.69, 9.17) is 12.2 Å². The summed E-state index contributed by atoms with van der Waals surface area (Å²) in [5.41, 5.74) is 2.25. The van der Waals surface area contributed by atoms with Crippen LogP contribution >= 0.6 is 24.0 Å². The number of hydrogen-bond donors (Lipinski definition) is 1. The van der Waals surface area contributed by atoms with Crippen molar-refractivity contribution in [1.82, 2.24) is 4.90 Å². The molecule has 0 aromatic heterocycles. The lowest BCUT2D eigenvalue weighted by atomic mass is 10.1. The number of carbonyl (C=O) groups is 2. The largest absolute Gasteiger partial charge is 0.324 e. The van der Waals surface area contributed by atoms with Crippen LogP contribution in [0.1, 0.15) is 12.5 Å². The van der Waals surface area contributed by atoms with Crippen molar-refractivity contribution in [3.63, 3.8) is 0 Å². The predicted octanol–water partition coefficient (Wildman–Crippen LogP) is 4.61. The summed E-state index contributed by atoms with van der Waals surface area (Å²) >= 11 is 6.41. The Morgan fingerprint density at radius 2 is 1.96 bits per heavy atom. The van der Waals surface area contributed by atoms with Gasteiger partial charge in [-0.25, -0.2) is 4.39 Å². The highest BCUT2D eigenvalue weighted by Crippen LogP contribution is 2.32. The van der Waals surface area contributed by atoms with E-state index >= 15 is 0 Å². The molecule has 2 amide bonds. The first-order chi connectivity index (χ1) is 13.4. The highest BCUT2D eigenvalue weighted by molar-refractivity contribution is 8.26. The third kappa shape index (κ3) is 5.15. The maximum atomic E-state index is 13.2. The van der Waals surface area contributed by atoms with E-state index in [2.05, 4.69) is 5.32 Å². The van der Waals surface area contributed by atoms with Gasteiger partial charge in [0.05, 0.1) is 4.91 Å². The van der Waals surface area contributed by atoms with Crippen LogP contribution in [0.4, 0.5) is 10.1 Å². The van der Waals surface area contributed by atoms with Crippen molar-refractivity contribution in [2.45, 2.75) is 6.92 Å². The number of benzene rings is 2. The number of rotatable bonds is 5. The maximum absolute atomic E-state index is 13.2. The molecule has 0 saturated carbocycles. The number of anilines is 1. The minimum Gasteiger partial charge on any atom is -0.324 e. The molecule has 28 heavy (non-hydrogen) atoms. The van der Waals surface area contributed by atoms with Gasteiger partial charge in [0, 0.05) is 5.69 Å². The summed E-state index contributed by atoms with van der Waals surface area (Å²) in [6.45, 7) is 1.68. The molecule has 0 aliphatic carbocycles. The Morgan fingerprint density at radius 1 is 1.21 bits per heavy atom. The van der Waals surface area contributed by atoms with Gasteiger partial charge in [-0.05, 0) is 42.3 Å². The van der Waals surface area contributed by atoms with E-state index in [0.717, 1.165) is 22.9 Å². The number of amides is 2. The van der Waals surface area contributed by atoms with Crippen LogP contribution < -0.4 is 5.32 Å². The van der Waals surface area contributed by atoms with Crippen LogP contribution in [0.5, 0.6) is 0 Å². The smallest absolute Gasteiger partial charge is 0.266 e. The molecule has 2 aromatic rings. The second-order valence-electron chi connectivity index (χ2n) is 6.13. The minimum absolute atomic E-state index is 0.222. The molecule has 2 aromatic carbocycles. The summed E-state index contributed by atoms with van der Waals surface area (Å²) < 4.78 is 13.5. The van der Waals surface area contributed by atoms with Crippen LogP contribution in [-0.4, -0.2) is 27.6 Å². The molecular weight excluding hydrogens is 395 g/mol. The fraction of sp³-hybridized carbons (Fsp3) is 0.0952. The topological polar surface area (TPSA) is 49.4 Å². The second-order valence-corrected chi connectivity index (χ2v) is 7.80. The second kappa shape index (κ2) is 8.95. The maximum Gasteiger partial charge on any atom is 0.266 e. The number of allylic oxidation sites excluding steroid dienone is 2. The van der Waals surface area contributed by atoms with Gasteiger partial charge < -0.3 is 5.32 Å². The summed E-state index contributed by atoms with van der Waals surface area (Å²) in [6.07, 6.45) is 3.72. The molecule has 0 bridgehead atoms. The SMILES string of the molecule is CC(=Cc1ccccc1)C=C1SC(=S)N(CC(=O)Nc2cccc(F)c2)C1=O. The Labute approximate surface area is 172 Å². The van der Waals surface area contributed by atoms with E-state index in [-0.39, 0.29) is 12.5 Å². The molecule has 1 N–H and O–H groups in total. The molecule has 3 rings (SSSR count). The van der Waals surface area contributed by atoms with E-state index in [1.165, 1.54) is 23.1 Å². The zero-order valence-electron chi connectivity index (χ0n) is 15.0. The van der Waals surface area contributed by atoms with E-state index in [9.17, 15) is 14.0 Å². The van der Waals surface area contributed by atoms with Crippen molar-refractivity contribution in [2.24, 2.45) is 0 Å². The monoisotopic (exact) mass is 412 g/mol. The first kappa shape index (κ1) is 20.0. The lowest BCUT2D eigenvalue weighted by Crippen LogP contribution is -2.36. The van der Waals surface area contributed by atoms with E-state index in [0.29, 0.717) is 14.9 Å². The van der Waals surface area contributed by atoms with Crippen molar-refractivity contribution >= 4 is 51.9 Å². The highest BCUT2D eigenvalue weighted by atomic mass is 32.2. The molecule has 0 radical (unpaired) electrons. The van der Waals surface area contributed by atoms with Gasteiger partial charge in [0.2, 0.25) is 5.91 Å². The zero-order chi connectivity index (χ0) is 20.1. The van der Waals surface area contributed by atoms with Crippen LogP contribution in [-0.2, 0) is 9.59 Å². The van der Waals surface area contributed by atoms with E-state index in [1.54, 1.807) is 12.1 Å². The summed E-state index contributed by atoms with van der Waals surface area (Å²) in [7, 11) is 0. The summed E-state index contributed by atoms with van der Waals surface area (Å²) in [5, 5.41) is 2.57. The molecule has 7 heteroatoms. The fourth-order valence-corrected chi connectivity index (χ4v) is 3.91. The molecular formula is C21H17FN2O2S2. The number of thiocarbonyl (C=S) groups is 1. The van der Waals surface area contributed by atoms with Gasteiger partial charge in [-0.15, -0.1) is 0 Å². The average molecular weight is 413 g/mol. The standard InChI is InChI=1S/C21H17FN2O2S2/c1-14(10-15-6-3-2-4-7-15)11-18-20(26)24(21(27)28-18)13-19(25)23-17-9-5-8-16(22)12-17/h2-12H,13H2,1H3,(H,23,25). The lowest BCUT2D eigenvalue weighted by molar-refractivity contribution is -0.126. The van der Waals surface area contributed by atoms with Crippen molar-refractivity contribution in [3.8, 4) is 0 Å². The zero-order valence-corrected chi connectivity index (χ0v) is 16.6. The molecule has 1 heterocycles. The Balaban J connectivity index is 1.67. The lowest BCUT2D eigenvalue weighted by Gasteiger charge is -2.14. The summed E-state index contributed by atoms with van der Waals surface area (Å²) in [6, 6.07) is 15.3. The van der Waals surface area contributed by atoms with Gasteiger partial charge in [-0.3, -0.25) is 14.5 Å². The Bertz CT molecular complexity index is 987. The number of nitrogens with zero attached hydrogens (tertiary/aromatic N) is 1. The van der Waals surface area contributed by atoms with Crippen LogP contribution in [0.3, 0.4) is 0 Å². The molecule has 4 nitrogen and oxygen atoms in total. The van der Waals surface area contributed by atoms with Crippen molar-refractivity contribution in [1.29, 1.82) is 0 Å². The average Bonchev–Trinajstić information content (AvgIpc) is 2.90. The van der Waals surface area contributed by atoms with Crippen LogP contribution in [0, 0.1) is 5.82 Å². The highest BCUT2D eigenvalue weighted by Gasteiger charge is 2.33. The quantitative estimate of drug-likeness (QED) is 0.575. The van der Waals surface area contributed by atoms with Crippen LogP contribution in [0.2, 0.25) is 0 Å². The summed E-state index contributed by atoms with van der Waals surface area (Å²) in [5.74, 6) is -1.21. The van der Waals surface area contributed by atoms with Crippen LogP contribution in [0.25, 0.3) is 6.08 Å². The molecule has 0 spiro atoms. The summed E-state index contributed by atoms with van der Waals surface area (Å²) in [4.78, 5) is 26.6. The van der Waals surface area contributed by atoms with Crippen molar-refractivity contribution < 1.29 is 14.0 Å². The Hall–Kier alpha value is -2.77.